The Morgan fingerprint density at radius 3 is 2.62 bits per heavy atom. The summed E-state index contributed by atoms with van der Waals surface area (Å²) in [6.07, 6.45) is 0.113. The lowest BCUT2D eigenvalue weighted by Crippen LogP contribution is -2.35. The number of hydrogen-bond acceptors (Lipinski definition) is 3. The van der Waals surface area contributed by atoms with E-state index in [2.05, 4.69) is 5.32 Å². The predicted octanol–water partition coefficient (Wildman–Crippen LogP) is 0.0892. The lowest BCUT2D eigenvalue weighted by molar-refractivity contribution is -0.136. The molecule has 0 unspecified atom stereocenters. The first-order valence-corrected chi connectivity index (χ1v) is 4.58. The third kappa shape index (κ3) is 6.54. The van der Waals surface area contributed by atoms with Crippen LogP contribution in [0.15, 0.2) is 0 Å². The molecule has 0 saturated heterocycles. The van der Waals surface area contributed by atoms with Crippen LogP contribution in [0.1, 0.15) is 13.8 Å². The van der Waals surface area contributed by atoms with E-state index < -0.39 is 0 Å². The fraction of sp³-hybridized carbons (Fsp3) is 0.889. The maximum absolute atomic E-state index is 11.3. The molecular weight excluding hydrogens is 168 g/mol. The average Bonchev–Trinajstić information content (AvgIpc) is 2.10. The Morgan fingerprint density at radius 1 is 1.54 bits per heavy atom. The van der Waals surface area contributed by atoms with Gasteiger partial charge < -0.3 is 15.0 Å². The zero-order chi connectivity index (χ0) is 10.3. The van der Waals surface area contributed by atoms with Crippen LogP contribution in [0.2, 0.25) is 0 Å². The number of likely N-dealkylation sites (N-methyl/N-ethyl adjacent to an activating group) is 2. The lowest BCUT2D eigenvalue weighted by Gasteiger charge is -2.17. The Balaban J connectivity index is 3.57. The number of ether oxygens (including phenoxy) is 1. The lowest BCUT2D eigenvalue weighted by atomic mass is 10.4. The third-order valence-electron chi connectivity index (χ3n) is 1.66. The van der Waals surface area contributed by atoms with Gasteiger partial charge >= 0.3 is 0 Å². The molecule has 13 heavy (non-hydrogen) atoms. The van der Waals surface area contributed by atoms with Gasteiger partial charge in [-0.15, -0.1) is 0 Å². The van der Waals surface area contributed by atoms with Crippen molar-refractivity contribution in [3.63, 3.8) is 0 Å². The number of hydrogen-bond donors (Lipinski definition) is 1. The quantitative estimate of drug-likeness (QED) is 0.642. The Morgan fingerprint density at radius 2 is 2.15 bits per heavy atom. The van der Waals surface area contributed by atoms with E-state index >= 15 is 0 Å². The summed E-state index contributed by atoms with van der Waals surface area (Å²) in [5, 5.41) is 2.98. The van der Waals surface area contributed by atoms with Crippen LogP contribution < -0.4 is 5.32 Å². The fourth-order valence-corrected chi connectivity index (χ4v) is 0.752. The second kappa shape index (κ2) is 6.86. The van der Waals surface area contributed by atoms with Crippen molar-refractivity contribution in [2.24, 2.45) is 0 Å². The molecule has 0 bridgehead atoms. The number of rotatable bonds is 6. The molecule has 0 rings (SSSR count). The minimum Gasteiger partial charge on any atom is -0.369 e. The molecule has 0 spiro atoms. The molecule has 0 aliphatic heterocycles. The fourth-order valence-electron chi connectivity index (χ4n) is 0.752. The molecule has 0 radical (unpaired) electrons. The number of nitrogens with one attached hydrogen (secondary N) is 1. The van der Waals surface area contributed by atoms with Crippen LogP contribution in [-0.4, -0.2) is 50.7 Å². The zero-order valence-corrected chi connectivity index (χ0v) is 8.96. The molecule has 1 N–H and O–H groups in total. The van der Waals surface area contributed by atoms with E-state index in [9.17, 15) is 4.79 Å². The SMILES string of the molecule is CNCCN(C)C(=O)COC(C)C. The molecule has 78 valence electrons. The smallest absolute Gasteiger partial charge is 0.248 e. The van der Waals surface area contributed by atoms with Gasteiger partial charge in [-0.1, -0.05) is 0 Å². The highest BCUT2D eigenvalue weighted by Crippen LogP contribution is 1.90. The van der Waals surface area contributed by atoms with Crippen molar-refractivity contribution in [3.8, 4) is 0 Å². The van der Waals surface area contributed by atoms with Gasteiger partial charge in [0.15, 0.2) is 0 Å². The monoisotopic (exact) mass is 188 g/mol. The van der Waals surface area contributed by atoms with Crippen molar-refractivity contribution >= 4 is 5.91 Å². The molecule has 4 nitrogen and oxygen atoms in total. The highest BCUT2D eigenvalue weighted by molar-refractivity contribution is 5.77. The van der Waals surface area contributed by atoms with Crippen LogP contribution in [0.5, 0.6) is 0 Å². The van der Waals surface area contributed by atoms with Crippen molar-refractivity contribution < 1.29 is 9.53 Å². The minimum absolute atomic E-state index is 0.0314. The van der Waals surface area contributed by atoms with E-state index in [-0.39, 0.29) is 18.6 Å². The average molecular weight is 188 g/mol. The highest BCUT2D eigenvalue weighted by Gasteiger charge is 2.08. The summed E-state index contributed by atoms with van der Waals surface area (Å²) >= 11 is 0. The normalized spacial score (nSPS) is 10.5. The van der Waals surface area contributed by atoms with Crippen LogP contribution in [-0.2, 0) is 9.53 Å². The first-order chi connectivity index (χ1) is 6.07. The second-order valence-corrected chi connectivity index (χ2v) is 3.28. The highest BCUT2D eigenvalue weighted by atomic mass is 16.5. The Bertz CT molecular complexity index is 149. The molecule has 0 heterocycles. The molecule has 4 heteroatoms. The van der Waals surface area contributed by atoms with Crippen molar-refractivity contribution in [1.82, 2.24) is 10.2 Å². The first-order valence-electron chi connectivity index (χ1n) is 4.58. The van der Waals surface area contributed by atoms with Gasteiger partial charge in [-0.2, -0.15) is 0 Å². The molecule has 0 atom stereocenters. The molecule has 0 aliphatic carbocycles. The number of carbonyl (C=O) groups is 1. The van der Waals surface area contributed by atoms with Crippen LogP contribution in [0, 0.1) is 0 Å². The van der Waals surface area contributed by atoms with Gasteiger partial charge in [0, 0.05) is 20.1 Å². The van der Waals surface area contributed by atoms with Gasteiger partial charge in [0.2, 0.25) is 5.91 Å². The van der Waals surface area contributed by atoms with Gasteiger partial charge in [0.25, 0.3) is 0 Å². The summed E-state index contributed by atoms with van der Waals surface area (Å²) in [5.74, 6) is 0.0314. The maximum atomic E-state index is 11.3. The van der Waals surface area contributed by atoms with Gasteiger partial charge in [-0.25, -0.2) is 0 Å². The maximum Gasteiger partial charge on any atom is 0.248 e. The van der Waals surface area contributed by atoms with Crippen molar-refractivity contribution in [2.75, 3.05) is 33.8 Å². The summed E-state index contributed by atoms with van der Waals surface area (Å²) in [5.41, 5.74) is 0. The van der Waals surface area contributed by atoms with Gasteiger partial charge in [-0.05, 0) is 20.9 Å². The Hall–Kier alpha value is -0.610. The Kier molecular flexibility index (Phi) is 6.54. The van der Waals surface area contributed by atoms with E-state index in [4.69, 9.17) is 4.74 Å². The summed E-state index contributed by atoms with van der Waals surface area (Å²) in [4.78, 5) is 13.0. The summed E-state index contributed by atoms with van der Waals surface area (Å²) < 4.78 is 5.19. The number of carbonyl (C=O) groups excluding carboxylic acids is 1. The van der Waals surface area contributed by atoms with Crippen LogP contribution in [0.3, 0.4) is 0 Å². The molecule has 1 amide bonds. The molecule has 0 aliphatic rings. The van der Waals surface area contributed by atoms with E-state index in [1.807, 2.05) is 20.9 Å². The standard InChI is InChI=1S/C9H20N2O2/c1-8(2)13-7-9(12)11(4)6-5-10-3/h8,10H,5-7H2,1-4H3. The van der Waals surface area contributed by atoms with Crippen LogP contribution >= 0.6 is 0 Å². The van der Waals surface area contributed by atoms with E-state index in [0.29, 0.717) is 0 Å². The summed E-state index contributed by atoms with van der Waals surface area (Å²) in [6.45, 7) is 5.54. The van der Waals surface area contributed by atoms with Gasteiger partial charge in [0.1, 0.15) is 6.61 Å². The van der Waals surface area contributed by atoms with Gasteiger partial charge in [-0.3, -0.25) is 4.79 Å². The molecule has 0 saturated carbocycles. The minimum atomic E-state index is 0.0314. The molecular formula is C9H20N2O2. The predicted molar refractivity (Wildman–Crippen MR) is 52.7 cm³/mol. The largest absolute Gasteiger partial charge is 0.369 e. The molecule has 0 aromatic carbocycles. The van der Waals surface area contributed by atoms with Crippen molar-refractivity contribution in [1.29, 1.82) is 0 Å². The van der Waals surface area contributed by atoms with E-state index in [0.717, 1.165) is 13.1 Å². The third-order valence-corrected chi connectivity index (χ3v) is 1.66. The summed E-state index contributed by atoms with van der Waals surface area (Å²) in [7, 11) is 3.65. The molecule has 0 aromatic heterocycles. The Labute approximate surface area is 80.2 Å². The van der Waals surface area contributed by atoms with E-state index in [1.165, 1.54) is 0 Å². The van der Waals surface area contributed by atoms with Crippen LogP contribution in [0.25, 0.3) is 0 Å². The van der Waals surface area contributed by atoms with Crippen molar-refractivity contribution in [3.05, 3.63) is 0 Å². The van der Waals surface area contributed by atoms with Crippen molar-refractivity contribution in [2.45, 2.75) is 20.0 Å². The second-order valence-electron chi connectivity index (χ2n) is 3.28. The first kappa shape index (κ1) is 12.4. The molecule has 0 aromatic rings. The van der Waals surface area contributed by atoms with E-state index in [1.54, 1.807) is 11.9 Å². The summed E-state index contributed by atoms with van der Waals surface area (Å²) in [6, 6.07) is 0. The van der Waals surface area contributed by atoms with Gasteiger partial charge in [0.05, 0.1) is 6.10 Å². The zero-order valence-electron chi connectivity index (χ0n) is 8.96. The number of nitrogens with zero attached hydrogens (tertiary/aromatic N) is 1. The number of amides is 1. The topological polar surface area (TPSA) is 41.6 Å². The van der Waals surface area contributed by atoms with Crippen LogP contribution in [0.4, 0.5) is 0 Å². The molecule has 0 fully saturated rings.